The maximum absolute atomic E-state index is 13.1. The second-order valence-electron chi connectivity index (χ2n) is 2.74. The molecule has 0 amide bonds. The lowest BCUT2D eigenvalue weighted by Crippen LogP contribution is -2.12. The van der Waals surface area contributed by atoms with Crippen LogP contribution in [-0.4, -0.2) is 22.7 Å². The van der Waals surface area contributed by atoms with E-state index in [4.69, 9.17) is 5.11 Å². The Kier molecular flexibility index (Phi) is 3.70. The summed E-state index contributed by atoms with van der Waals surface area (Å²) in [4.78, 5) is 14.4. The SMILES string of the molecule is CCOC(=O)c1ncc(O)c(F)c1C(F)F. The van der Waals surface area contributed by atoms with Crippen LogP contribution in [0.4, 0.5) is 13.2 Å². The van der Waals surface area contributed by atoms with Crippen molar-refractivity contribution in [3.8, 4) is 5.75 Å². The number of pyridine rings is 1. The number of hydrogen-bond acceptors (Lipinski definition) is 4. The number of hydrogen-bond donors (Lipinski definition) is 1. The number of alkyl halides is 2. The smallest absolute Gasteiger partial charge is 0.357 e. The molecule has 1 aromatic heterocycles. The molecule has 0 aliphatic rings. The lowest BCUT2D eigenvalue weighted by molar-refractivity contribution is 0.0505. The largest absolute Gasteiger partial charge is 0.504 e. The summed E-state index contributed by atoms with van der Waals surface area (Å²) >= 11 is 0. The number of aromatic nitrogens is 1. The van der Waals surface area contributed by atoms with Crippen LogP contribution in [0.5, 0.6) is 5.75 Å². The molecule has 16 heavy (non-hydrogen) atoms. The molecule has 0 spiro atoms. The van der Waals surface area contributed by atoms with Gasteiger partial charge in [-0.1, -0.05) is 0 Å². The van der Waals surface area contributed by atoms with Gasteiger partial charge in [0.05, 0.1) is 18.4 Å². The molecule has 1 rings (SSSR count). The third-order valence-electron chi connectivity index (χ3n) is 1.72. The van der Waals surface area contributed by atoms with Crippen molar-refractivity contribution in [1.82, 2.24) is 4.98 Å². The summed E-state index contributed by atoms with van der Waals surface area (Å²) in [5.41, 5.74) is -2.08. The number of carbonyl (C=O) groups is 1. The van der Waals surface area contributed by atoms with Crippen LogP contribution >= 0.6 is 0 Å². The van der Waals surface area contributed by atoms with E-state index in [9.17, 15) is 18.0 Å². The quantitative estimate of drug-likeness (QED) is 0.814. The zero-order valence-electron chi connectivity index (χ0n) is 8.21. The predicted molar refractivity (Wildman–Crippen MR) is 46.8 cm³/mol. The van der Waals surface area contributed by atoms with Crippen LogP contribution in [0.25, 0.3) is 0 Å². The van der Waals surface area contributed by atoms with E-state index in [-0.39, 0.29) is 6.61 Å². The summed E-state index contributed by atoms with van der Waals surface area (Å²) in [6.07, 6.45) is -2.69. The van der Waals surface area contributed by atoms with Crippen molar-refractivity contribution in [2.24, 2.45) is 0 Å². The van der Waals surface area contributed by atoms with Crippen LogP contribution in [0.2, 0.25) is 0 Å². The Labute approximate surface area is 88.7 Å². The van der Waals surface area contributed by atoms with Crippen LogP contribution < -0.4 is 0 Å². The van der Waals surface area contributed by atoms with Crippen molar-refractivity contribution >= 4 is 5.97 Å². The van der Waals surface area contributed by atoms with E-state index < -0.39 is 35.2 Å². The fourth-order valence-corrected chi connectivity index (χ4v) is 1.06. The van der Waals surface area contributed by atoms with Crippen molar-refractivity contribution in [2.45, 2.75) is 13.3 Å². The normalized spacial score (nSPS) is 10.6. The fraction of sp³-hybridized carbons (Fsp3) is 0.333. The highest BCUT2D eigenvalue weighted by atomic mass is 19.3. The Morgan fingerprint density at radius 1 is 1.62 bits per heavy atom. The molecule has 0 radical (unpaired) electrons. The second kappa shape index (κ2) is 4.82. The average Bonchev–Trinajstić information content (AvgIpc) is 2.21. The molecule has 1 heterocycles. The van der Waals surface area contributed by atoms with Crippen molar-refractivity contribution in [2.75, 3.05) is 6.61 Å². The predicted octanol–water partition coefficient (Wildman–Crippen LogP) is 2.04. The lowest BCUT2D eigenvalue weighted by Gasteiger charge is -2.08. The molecule has 1 N–H and O–H groups in total. The second-order valence-corrected chi connectivity index (χ2v) is 2.74. The van der Waals surface area contributed by atoms with E-state index in [0.29, 0.717) is 6.20 Å². The minimum atomic E-state index is -3.26. The third kappa shape index (κ3) is 2.23. The van der Waals surface area contributed by atoms with Gasteiger partial charge in [-0.2, -0.15) is 0 Å². The third-order valence-corrected chi connectivity index (χ3v) is 1.72. The number of halogens is 3. The number of nitrogens with zero attached hydrogens (tertiary/aromatic N) is 1. The first-order valence-corrected chi connectivity index (χ1v) is 4.31. The molecule has 0 atom stereocenters. The molecule has 4 nitrogen and oxygen atoms in total. The zero-order chi connectivity index (χ0) is 12.3. The average molecular weight is 235 g/mol. The number of esters is 1. The van der Waals surface area contributed by atoms with Crippen molar-refractivity contribution in [3.63, 3.8) is 0 Å². The lowest BCUT2D eigenvalue weighted by atomic mass is 10.2. The molecule has 0 saturated carbocycles. The summed E-state index contributed by atoms with van der Waals surface area (Å²) in [5, 5.41) is 8.86. The highest BCUT2D eigenvalue weighted by Crippen LogP contribution is 2.29. The number of aromatic hydroxyl groups is 1. The van der Waals surface area contributed by atoms with Gasteiger partial charge in [-0.05, 0) is 6.92 Å². The summed E-state index contributed by atoms with van der Waals surface area (Å²) in [6.45, 7) is 1.42. The summed E-state index contributed by atoms with van der Waals surface area (Å²) < 4.78 is 42.5. The minimum Gasteiger partial charge on any atom is -0.504 e. The fourth-order valence-electron chi connectivity index (χ4n) is 1.06. The Bertz CT molecular complexity index is 409. The molecule has 0 aromatic carbocycles. The van der Waals surface area contributed by atoms with Gasteiger partial charge >= 0.3 is 5.97 Å². The van der Waals surface area contributed by atoms with Crippen LogP contribution in [0.1, 0.15) is 29.4 Å². The molecule has 0 aliphatic carbocycles. The van der Waals surface area contributed by atoms with Crippen molar-refractivity contribution in [3.05, 3.63) is 23.3 Å². The monoisotopic (exact) mass is 235 g/mol. The standard InChI is InChI=1S/C9H8F3NO3/c1-2-16-9(15)7-5(8(11)12)6(10)4(14)3-13-7/h3,8,14H,2H2,1H3. The van der Waals surface area contributed by atoms with Gasteiger partial charge in [-0.3, -0.25) is 0 Å². The first kappa shape index (κ1) is 12.3. The molecular weight excluding hydrogens is 227 g/mol. The van der Waals surface area contributed by atoms with Crippen LogP contribution in [0.15, 0.2) is 6.20 Å². The molecule has 1 aromatic rings. The molecule has 88 valence electrons. The maximum atomic E-state index is 13.1. The van der Waals surface area contributed by atoms with Gasteiger partial charge in [0, 0.05) is 0 Å². The summed E-state index contributed by atoms with van der Waals surface area (Å²) in [7, 11) is 0. The van der Waals surface area contributed by atoms with E-state index in [2.05, 4.69) is 9.72 Å². The highest BCUT2D eigenvalue weighted by molar-refractivity contribution is 5.89. The number of carbonyl (C=O) groups excluding carboxylic acids is 1. The van der Waals surface area contributed by atoms with Crippen molar-refractivity contribution < 1.29 is 27.8 Å². The Hall–Kier alpha value is -1.79. The molecule has 7 heteroatoms. The molecule has 0 unspecified atom stereocenters. The van der Waals surface area contributed by atoms with Gasteiger partial charge in [0.15, 0.2) is 17.3 Å². The van der Waals surface area contributed by atoms with Gasteiger partial charge in [0.2, 0.25) is 0 Å². The van der Waals surface area contributed by atoms with Gasteiger partial charge in [-0.25, -0.2) is 22.9 Å². The van der Waals surface area contributed by atoms with E-state index in [1.807, 2.05) is 0 Å². The first-order valence-electron chi connectivity index (χ1n) is 4.31. The Morgan fingerprint density at radius 2 is 2.25 bits per heavy atom. The van der Waals surface area contributed by atoms with Gasteiger partial charge in [0.25, 0.3) is 6.43 Å². The van der Waals surface area contributed by atoms with E-state index >= 15 is 0 Å². The van der Waals surface area contributed by atoms with E-state index in [0.717, 1.165) is 0 Å². The maximum Gasteiger partial charge on any atom is 0.357 e. The topological polar surface area (TPSA) is 59.4 Å². The Morgan fingerprint density at radius 3 is 2.75 bits per heavy atom. The van der Waals surface area contributed by atoms with Crippen LogP contribution in [0, 0.1) is 5.82 Å². The van der Waals surface area contributed by atoms with E-state index in [1.165, 1.54) is 6.92 Å². The molecule has 0 aliphatic heterocycles. The molecule has 0 bridgehead atoms. The highest BCUT2D eigenvalue weighted by Gasteiger charge is 2.27. The van der Waals surface area contributed by atoms with E-state index in [1.54, 1.807) is 0 Å². The molecule has 0 saturated heterocycles. The van der Waals surface area contributed by atoms with Crippen LogP contribution in [0.3, 0.4) is 0 Å². The molecular formula is C9H8F3NO3. The van der Waals surface area contributed by atoms with Gasteiger partial charge in [0.1, 0.15) is 0 Å². The Balaban J connectivity index is 3.28. The first-order chi connectivity index (χ1) is 7.49. The van der Waals surface area contributed by atoms with Crippen molar-refractivity contribution in [1.29, 1.82) is 0 Å². The summed E-state index contributed by atoms with van der Waals surface area (Å²) in [6, 6.07) is 0. The minimum absolute atomic E-state index is 0.0499. The van der Waals surface area contributed by atoms with Crippen LogP contribution in [-0.2, 0) is 4.74 Å². The zero-order valence-corrected chi connectivity index (χ0v) is 8.21. The number of rotatable bonds is 3. The number of ether oxygens (including phenoxy) is 1. The van der Waals surface area contributed by atoms with Gasteiger partial charge < -0.3 is 9.84 Å². The summed E-state index contributed by atoms with van der Waals surface area (Å²) in [5.74, 6) is -3.76. The van der Waals surface area contributed by atoms with Gasteiger partial charge in [-0.15, -0.1) is 0 Å². The molecule has 0 fully saturated rings.